The molecule has 4 aromatic rings. The van der Waals surface area contributed by atoms with Crippen LogP contribution in [-0.4, -0.2) is 35.4 Å². The van der Waals surface area contributed by atoms with Gasteiger partial charge in [0.05, 0.1) is 17.6 Å². The van der Waals surface area contributed by atoms with Gasteiger partial charge in [0.1, 0.15) is 11.6 Å². The summed E-state index contributed by atoms with van der Waals surface area (Å²) in [5.74, 6) is 3.35. The number of nitrogens with zero attached hydrogens (tertiary/aromatic N) is 3. The van der Waals surface area contributed by atoms with E-state index in [1.807, 2.05) is 59.5 Å². The highest BCUT2D eigenvalue weighted by atomic mass is 16.7. The molecule has 0 aliphatic carbocycles. The maximum absolute atomic E-state index is 13.0. The van der Waals surface area contributed by atoms with Crippen molar-refractivity contribution in [3.05, 3.63) is 78.1 Å². The van der Waals surface area contributed by atoms with Crippen molar-refractivity contribution in [3.63, 3.8) is 0 Å². The quantitative estimate of drug-likeness (QED) is 0.354. The third kappa shape index (κ3) is 4.18. The Bertz CT molecular complexity index is 1400. The van der Waals surface area contributed by atoms with E-state index in [4.69, 9.17) is 19.2 Å². The van der Waals surface area contributed by atoms with Gasteiger partial charge >= 0.3 is 0 Å². The Balaban J connectivity index is 1.21. The number of fused-ring (bicyclic) bond motifs is 2. The number of imidazole rings is 1. The monoisotopic (exact) mass is 469 g/mol. The van der Waals surface area contributed by atoms with E-state index < -0.39 is 0 Å². The SMILES string of the molecule is Cc1cccc(OCCCn2c(C3CC(=O)N(c4ccc5c(c4)OCO5)C3)nc3ccccc32)c1. The lowest BCUT2D eigenvalue weighted by Gasteiger charge is -2.18. The van der Waals surface area contributed by atoms with E-state index in [2.05, 4.69) is 23.6 Å². The summed E-state index contributed by atoms with van der Waals surface area (Å²) < 4.78 is 19.2. The van der Waals surface area contributed by atoms with Crippen molar-refractivity contribution in [1.29, 1.82) is 0 Å². The van der Waals surface area contributed by atoms with Crippen LogP contribution < -0.4 is 19.1 Å². The smallest absolute Gasteiger partial charge is 0.231 e. The number of hydrogen-bond acceptors (Lipinski definition) is 5. The molecule has 2 aliphatic heterocycles. The average Bonchev–Trinajstić information content (AvgIpc) is 3.58. The number of rotatable bonds is 7. The molecule has 0 bridgehead atoms. The second-order valence-electron chi connectivity index (χ2n) is 9.07. The van der Waals surface area contributed by atoms with Gasteiger partial charge in [-0.05, 0) is 55.3 Å². The summed E-state index contributed by atoms with van der Waals surface area (Å²) in [6.07, 6.45) is 1.27. The summed E-state index contributed by atoms with van der Waals surface area (Å²) in [6.45, 7) is 4.25. The van der Waals surface area contributed by atoms with Crippen molar-refractivity contribution < 1.29 is 19.0 Å². The maximum Gasteiger partial charge on any atom is 0.231 e. The Morgan fingerprint density at radius 3 is 2.83 bits per heavy atom. The summed E-state index contributed by atoms with van der Waals surface area (Å²) in [5, 5.41) is 0. The molecular weight excluding hydrogens is 442 g/mol. The molecule has 0 N–H and O–H groups in total. The third-order valence-electron chi connectivity index (χ3n) is 6.63. The zero-order valence-corrected chi connectivity index (χ0v) is 19.6. The first-order valence-corrected chi connectivity index (χ1v) is 12.0. The molecule has 3 aromatic carbocycles. The van der Waals surface area contributed by atoms with Gasteiger partial charge in [0.15, 0.2) is 11.5 Å². The number of amides is 1. The molecule has 6 rings (SSSR count). The van der Waals surface area contributed by atoms with Crippen LogP contribution in [0, 0.1) is 6.92 Å². The molecule has 7 nitrogen and oxygen atoms in total. The van der Waals surface area contributed by atoms with E-state index in [0.29, 0.717) is 31.1 Å². The lowest BCUT2D eigenvalue weighted by atomic mass is 10.1. The van der Waals surface area contributed by atoms with Crippen LogP contribution >= 0.6 is 0 Å². The van der Waals surface area contributed by atoms with Crippen LogP contribution in [-0.2, 0) is 11.3 Å². The Labute approximate surface area is 203 Å². The summed E-state index contributed by atoms with van der Waals surface area (Å²) in [6, 6.07) is 21.9. The Kier molecular flexibility index (Phi) is 5.52. The first kappa shape index (κ1) is 21.5. The number of aryl methyl sites for hydroxylation is 2. The normalized spacial score (nSPS) is 16.9. The number of anilines is 1. The molecule has 1 amide bonds. The van der Waals surface area contributed by atoms with Crippen LogP contribution in [0.15, 0.2) is 66.7 Å². The van der Waals surface area contributed by atoms with Crippen molar-refractivity contribution in [2.24, 2.45) is 0 Å². The van der Waals surface area contributed by atoms with Crippen molar-refractivity contribution >= 4 is 22.6 Å². The summed E-state index contributed by atoms with van der Waals surface area (Å²) in [5.41, 5.74) is 4.06. The van der Waals surface area contributed by atoms with E-state index in [0.717, 1.165) is 41.3 Å². The van der Waals surface area contributed by atoms with Crippen LogP contribution in [0.5, 0.6) is 17.2 Å². The first-order valence-electron chi connectivity index (χ1n) is 12.0. The molecule has 0 spiro atoms. The van der Waals surface area contributed by atoms with E-state index in [1.165, 1.54) is 5.56 Å². The molecular formula is C28H27N3O4. The molecule has 1 fully saturated rings. The Hall–Kier alpha value is -4.00. The number of carbonyl (C=O) groups is 1. The number of ether oxygens (including phenoxy) is 3. The van der Waals surface area contributed by atoms with Gasteiger partial charge in [-0.1, -0.05) is 24.3 Å². The van der Waals surface area contributed by atoms with Crippen LogP contribution in [0.1, 0.15) is 30.1 Å². The highest BCUT2D eigenvalue weighted by molar-refractivity contribution is 5.97. The first-order chi connectivity index (χ1) is 17.2. The van der Waals surface area contributed by atoms with Crippen molar-refractivity contribution in [2.45, 2.75) is 32.2 Å². The van der Waals surface area contributed by atoms with Gasteiger partial charge in [-0.2, -0.15) is 0 Å². The maximum atomic E-state index is 13.0. The van der Waals surface area contributed by atoms with Crippen LogP contribution in [0.25, 0.3) is 11.0 Å². The van der Waals surface area contributed by atoms with Crippen molar-refractivity contribution in [1.82, 2.24) is 9.55 Å². The fraction of sp³-hybridized carbons (Fsp3) is 0.286. The molecule has 1 saturated heterocycles. The topological polar surface area (TPSA) is 65.8 Å². The number of para-hydroxylation sites is 2. The number of aromatic nitrogens is 2. The summed E-state index contributed by atoms with van der Waals surface area (Å²) in [4.78, 5) is 19.8. The van der Waals surface area contributed by atoms with Crippen LogP contribution in [0.2, 0.25) is 0 Å². The zero-order chi connectivity index (χ0) is 23.8. The molecule has 1 aromatic heterocycles. The van der Waals surface area contributed by atoms with Gasteiger partial charge in [-0.25, -0.2) is 4.98 Å². The minimum absolute atomic E-state index is 0.0121. The molecule has 3 heterocycles. The predicted octanol–water partition coefficient (Wildman–Crippen LogP) is 5.06. The summed E-state index contributed by atoms with van der Waals surface area (Å²) in [7, 11) is 0. The van der Waals surface area contributed by atoms with Gasteiger partial charge < -0.3 is 23.7 Å². The minimum Gasteiger partial charge on any atom is -0.494 e. The molecule has 1 unspecified atom stereocenters. The number of benzene rings is 3. The van der Waals surface area contributed by atoms with E-state index in [-0.39, 0.29) is 18.6 Å². The third-order valence-corrected chi connectivity index (χ3v) is 6.63. The van der Waals surface area contributed by atoms with E-state index in [9.17, 15) is 4.79 Å². The van der Waals surface area contributed by atoms with Gasteiger partial charge in [0.2, 0.25) is 12.7 Å². The van der Waals surface area contributed by atoms with Crippen molar-refractivity contribution in [3.8, 4) is 17.2 Å². The highest BCUT2D eigenvalue weighted by Gasteiger charge is 2.35. The van der Waals surface area contributed by atoms with Crippen LogP contribution in [0.3, 0.4) is 0 Å². The highest BCUT2D eigenvalue weighted by Crippen LogP contribution is 2.39. The molecule has 7 heteroatoms. The number of hydrogen-bond donors (Lipinski definition) is 0. The Morgan fingerprint density at radius 2 is 1.91 bits per heavy atom. The molecule has 0 saturated carbocycles. The van der Waals surface area contributed by atoms with Crippen LogP contribution in [0.4, 0.5) is 5.69 Å². The fourth-order valence-electron chi connectivity index (χ4n) is 4.94. The molecule has 2 aliphatic rings. The van der Waals surface area contributed by atoms with Gasteiger partial charge in [0, 0.05) is 37.2 Å². The zero-order valence-electron chi connectivity index (χ0n) is 19.6. The molecule has 0 radical (unpaired) electrons. The molecule has 1 atom stereocenters. The van der Waals surface area contributed by atoms with Gasteiger partial charge in [-0.15, -0.1) is 0 Å². The molecule has 178 valence electrons. The lowest BCUT2D eigenvalue weighted by molar-refractivity contribution is -0.117. The standard InChI is InChI=1S/C28H27N3O4/c1-19-6-4-7-22(14-19)33-13-5-12-30-24-9-3-2-8-23(24)29-28(30)20-15-27(32)31(17-20)21-10-11-25-26(16-21)35-18-34-25/h2-4,6-11,14,16,20H,5,12-13,15,17-18H2,1H3. The predicted molar refractivity (Wildman–Crippen MR) is 133 cm³/mol. The Morgan fingerprint density at radius 1 is 1.03 bits per heavy atom. The summed E-state index contributed by atoms with van der Waals surface area (Å²) >= 11 is 0. The van der Waals surface area contributed by atoms with Gasteiger partial charge in [0.25, 0.3) is 0 Å². The fourth-order valence-corrected chi connectivity index (χ4v) is 4.94. The van der Waals surface area contributed by atoms with Crippen molar-refractivity contribution in [2.75, 3.05) is 24.8 Å². The average molecular weight is 470 g/mol. The van der Waals surface area contributed by atoms with Gasteiger partial charge in [-0.3, -0.25) is 4.79 Å². The molecule has 35 heavy (non-hydrogen) atoms. The largest absolute Gasteiger partial charge is 0.494 e. The van der Waals surface area contributed by atoms with E-state index in [1.54, 1.807) is 0 Å². The number of carbonyl (C=O) groups excluding carboxylic acids is 1. The second-order valence-corrected chi connectivity index (χ2v) is 9.07. The van der Waals surface area contributed by atoms with E-state index >= 15 is 0 Å². The second kappa shape index (κ2) is 8.98. The minimum atomic E-state index is 0.0121. The lowest BCUT2D eigenvalue weighted by Crippen LogP contribution is -2.24.